The zero-order chi connectivity index (χ0) is 17.3. The van der Waals surface area contributed by atoms with E-state index in [2.05, 4.69) is 9.98 Å². The first-order valence-electron chi connectivity index (χ1n) is 6.89. The van der Waals surface area contributed by atoms with Crippen molar-refractivity contribution in [1.29, 1.82) is 0 Å². The minimum Gasteiger partial charge on any atom is -0.318 e. The molecule has 2 aromatic carbocycles. The number of hydrogen-bond acceptors (Lipinski definition) is 3. The molecule has 1 unspecified atom stereocenters. The van der Waals surface area contributed by atoms with Crippen molar-refractivity contribution in [2.24, 2.45) is 9.98 Å². The Labute approximate surface area is 133 Å². The first kappa shape index (κ1) is 15.9. The van der Waals surface area contributed by atoms with Gasteiger partial charge in [0.25, 0.3) is 5.91 Å². The summed E-state index contributed by atoms with van der Waals surface area (Å²) in [5.41, 5.74) is 0.0230. The Morgan fingerprint density at radius 1 is 1.00 bits per heavy atom. The molecule has 0 radical (unpaired) electrons. The minimum atomic E-state index is -5.03. The van der Waals surface area contributed by atoms with E-state index >= 15 is 0 Å². The molecule has 2 aromatic rings. The molecule has 24 heavy (non-hydrogen) atoms. The molecule has 0 saturated heterocycles. The SMILES string of the molecule is O=C1N=c2ccccc2=NC1c1ccccc1NC(=O)C(F)(F)F. The normalized spacial score (nSPS) is 16.6. The van der Waals surface area contributed by atoms with Gasteiger partial charge in [0.05, 0.1) is 10.7 Å². The number of anilines is 1. The summed E-state index contributed by atoms with van der Waals surface area (Å²) in [5, 5.41) is 2.63. The molecule has 2 amide bonds. The fourth-order valence-corrected chi connectivity index (χ4v) is 2.29. The van der Waals surface area contributed by atoms with Gasteiger partial charge in [0.2, 0.25) is 0 Å². The third-order valence-corrected chi connectivity index (χ3v) is 3.38. The standard InChI is InChI=1S/C16H10F3N3O2/c17-16(18,19)15(24)22-10-6-2-1-5-9(10)13-14(23)21-12-8-4-3-7-11(12)20-13/h1-8,13H,(H,22,24). The number of fused-ring (bicyclic) bond motifs is 1. The molecule has 5 nitrogen and oxygen atoms in total. The second-order valence-electron chi connectivity index (χ2n) is 5.01. The van der Waals surface area contributed by atoms with Gasteiger partial charge in [0.1, 0.15) is 0 Å². The lowest BCUT2D eigenvalue weighted by Crippen LogP contribution is -2.34. The molecular weight excluding hydrogens is 323 g/mol. The molecule has 1 aliphatic rings. The lowest BCUT2D eigenvalue weighted by atomic mass is 10.0. The van der Waals surface area contributed by atoms with E-state index in [1.165, 1.54) is 18.2 Å². The number of nitrogens with zero attached hydrogens (tertiary/aromatic N) is 2. The summed E-state index contributed by atoms with van der Waals surface area (Å²) in [6.07, 6.45) is -5.03. The van der Waals surface area contributed by atoms with Crippen molar-refractivity contribution in [1.82, 2.24) is 0 Å². The van der Waals surface area contributed by atoms with Crippen LogP contribution in [-0.4, -0.2) is 18.0 Å². The van der Waals surface area contributed by atoms with E-state index in [4.69, 9.17) is 0 Å². The lowest BCUT2D eigenvalue weighted by Gasteiger charge is -2.17. The maximum atomic E-state index is 12.5. The molecule has 0 fully saturated rings. The molecule has 0 aliphatic carbocycles. The summed E-state index contributed by atoms with van der Waals surface area (Å²) in [6, 6.07) is 11.3. The summed E-state index contributed by atoms with van der Waals surface area (Å²) in [5.74, 6) is -2.72. The van der Waals surface area contributed by atoms with Crippen LogP contribution >= 0.6 is 0 Å². The number of nitrogens with one attached hydrogen (secondary N) is 1. The Morgan fingerprint density at radius 3 is 2.33 bits per heavy atom. The summed E-state index contributed by atoms with van der Waals surface area (Å²) < 4.78 is 37.4. The molecule has 0 aromatic heterocycles. The van der Waals surface area contributed by atoms with Crippen LogP contribution in [0.4, 0.5) is 18.9 Å². The van der Waals surface area contributed by atoms with Crippen LogP contribution in [0.5, 0.6) is 0 Å². The van der Waals surface area contributed by atoms with E-state index in [1.54, 1.807) is 35.6 Å². The van der Waals surface area contributed by atoms with E-state index < -0.39 is 24.0 Å². The Hall–Kier alpha value is -3.03. The van der Waals surface area contributed by atoms with Crippen LogP contribution < -0.4 is 16.0 Å². The number of carbonyl (C=O) groups is 2. The molecule has 3 rings (SSSR count). The van der Waals surface area contributed by atoms with Crippen LogP contribution in [0.3, 0.4) is 0 Å². The van der Waals surface area contributed by atoms with Crippen LogP contribution in [0.1, 0.15) is 11.6 Å². The highest BCUT2D eigenvalue weighted by Gasteiger charge is 2.39. The lowest BCUT2D eigenvalue weighted by molar-refractivity contribution is -0.167. The third kappa shape index (κ3) is 3.03. The van der Waals surface area contributed by atoms with Gasteiger partial charge in [0, 0.05) is 11.3 Å². The summed E-state index contributed by atoms with van der Waals surface area (Å²) >= 11 is 0. The Bertz CT molecular complexity index is 938. The first-order valence-corrected chi connectivity index (χ1v) is 6.89. The van der Waals surface area contributed by atoms with Crippen molar-refractivity contribution in [3.63, 3.8) is 0 Å². The molecule has 1 heterocycles. The Kier molecular flexibility index (Phi) is 3.88. The molecular formula is C16H10F3N3O2. The Morgan fingerprint density at radius 2 is 1.62 bits per heavy atom. The van der Waals surface area contributed by atoms with Gasteiger partial charge in [-0.1, -0.05) is 30.3 Å². The molecule has 1 aliphatic heterocycles. The second-order valence-corrected chi connectivity index (χ2v) is 5.01. The fraction of sp³-hybridized carbons (Fsp3) is 0.125. The van der Waals surface area contributed by atoms with Gasteiger partial charge in [-0.2, -0.15) is 13.2 Å². The van der Waals surface area contributed by atoms with Crippen molar-refractivity contribution in [2.75, 3.05) is 5.32 Å². The summed E-state index contributed by atoms with van der Waals surface area (Å²) in [7, 11) is 0. The van der Waals surface area contributed by atoms with Gasteiger partial charge < -0.3 is 5.32 Å². The van der Waals surface area contributed by atoms with Crippen LogP contribution in [0.2, 0.25) is 0 Å². The fourth-order valence-electron chi connectivity index (χ4n) is 2.29. The van der Waals surface area contributed by atoms with Gasteiger partial charge in [-0.05, 0) is 18.2 Å². The number of halogens is 3. The van der Waals surface area contributed by atoms with Crippen LogP contribution in [-0.2, 0) is 9.59 Å². The quantitative estimate of drug-likeness (QED) is 0.909. The van der Waals surface area contributed by atoms with Gasteiger partial charge >= 0.3 is 12.1 Å². The predicted molar refractivity (Wildman–Crippen MR) is 77.6 cm³/mol. The molecule has 1 atom stereocenters. The van der Waals surface area contributed by atoms with E-state index in [-0.39, 0.29) is 11.3 Å². The van der Waals surface area contributed by atoms with Gasteiger partial charge in [0.15, 0.2) is 6.04 Å². The topological polar surface area (TPSA) is 70.9 Å². The second kappa shape index (κ2) is 5.88. The average Bonchev–Trinajstić information content (AvgIpc) is 2.54. The molecule has 0 spiro atoms. The highest BCUT2D eigenvalue weighted by atomic mass is 19.4. The van der Waals surface area contributed by atoms with Crippen molar-refractivity contribution >= 4 is 17.5 Å². The van der Waals surface area contributed by atoms with E-state index in [0.717, 1.165) is 0 Å². The highest BCUT2D eigenvalue weighted by Crippen LogP contribution is 2.28. The van der Waals surface area contributed by atoms with Crippen LogP contribution in [0.15, 0.2) is 58.5 Å². The van der Waals surface area contributed by atoms with Gasteiger partial charge in [-0.15, -0.1) is 0 Å². The summed E-state index contributed by atoms with van der Waals surface area (Å²) in [4.78, 5) is 31.5. The van der Waals surface area contributed by atoms with E-state index in [0.29, 0.717) is 10.7 Å². The van der Waals surface area contributed by atoms with E-state index in [9.17, 15) is 22.8 Å². The van der Waals surface area contributed by atoms with Crippen LogP contribution in [0, 0.1) is 0 Å². The number of para-hydroxylation sites is 3. The van der Waals surface area contributed by atoms with Crippen molar-refractivity contribution in [3.8, 4) is 0 Å². The minimum absolute atomic E-state index is 0.128. The number of hydrogen-bond donors (Lipinski definition) is 1. The molecule has 8 heteroatoms. The van der Waals surface area contributed by atoms with Gasteiger partial charge in [-0.25, -0.2) is 4.99 Å². The van der Waals surface area contributed by atoms with Crippen molar-refractivity contribution in [3.05, 3.63) is 64.8 Å². The maximum Gasteiger partial charge on any atom is 0.471 e. The Balaban J connectivity index is 2.04. The monoisotopic (exact) mass is 333 g/mol. The van der Waals surface area contributed by atoms with Crippen molar-refractivity contribution < 1.29 is 22.8 Å². The van der Waals surface area contributed by atoms with Gasteiger partial charge in [-0.3, -0.25) is 14.6 Å². The zero-order valence-corrected chi connectivity index (χ0v) is 12.0. The van der Waals surface area contributed by atoms with E-state index in [1.807, 2.05) is 0 Å². The third-order valence-electron chi connectivity index (χ3n) is 3.38. The largest absolute Gasteiger partial charge is 0.471 e. The number of alkyl halides is 3. The number of amides is 2. The zero-order valence-electron chi connectivity index (χ0n) is 12.0. The highest BCUT2D eigenvalue weighted by molar-refractivity contribution is 5.97. The molecule has 0 bridgehead atoms. The number of benzene rings is 2. The van der Waals surface area contributed by atoms with Crippen molar-refractivity contribution in [2.45, 2.75) is 12.2 Å². The molecule has 1 N–H and O–H groups in total. The van der Waals surface area contributed by atoms with Crippen LogP contribution in [0.25, 0.3) is 0 Å². The maximum absolute atomic E-state index is 12.5. The molecule has 0 saturated carbocycles. The first-order chi connectivity index (χ1) is 11.4. The molecule has 122 valence electrons. The summed E-state index contributed by atoms with van der Waals surface area (Å²) in [6.45, 7) is 0. The smallest absolute Gasteiger partial charge is 0.318 e. The average molecular weight is 333 g/mol. The number of carbonyl (C=O) groups excluding carboxylic acids is 2. The predicted octanol–water partition coefficient (Wildman–Crippen LogP) is 1.71. The number of rotatable bonds is 2.